The summed E-state index contributed by atoms with van der Waals surface area (Å²) in [6.45, 7) is 1.03. The van der Waals surface area contributed by atoms with Crippen molar-refractivity contribution in [2.75, 3.05) is 13.1 Å². The first-order chi connectivity index (χ1) is 6.16. The Balaban J connectivity index is 3.22. The Kier molecular flexibility index (Phi) is 6.91. The first-order valence-corrected chi connectivity index (χ1v) is 4.42. The smallest absolute Gasteiger partial charge is 0.220 e. The maximum atomic E-state index is 11.0. The van der Waals surface area contributed by atoms with Gasteiger partial charge < -0.3 is 16.8 Å². The summed E-state index contributed by atoms with van der Waals surface area (Å²) in [6.07, 6.45) is 2.07. The average molecular weight is 187 g/mol. The number of carbonyl (C=O) groups is 2. The third-order valence-corrected chi connectivity index (χ3v) is 1.53. The second-order valence-electron chi connectivity index (χ2n) is 2.81. The number of hydrogen-bond acceptors (Lipinski definition) is 3. The molecule has 0 unspecified atom stereocenters. The van der Waals surface area contributed by atoms with Crippen molar-refractivity contribution >= 4 is 11.8 Å². The van der Waals surface area contributed by atoms with E-state index in [2.05, 4.69) is 5.32 Å². The van der Waals surface area contributed by atoms with Crippen LogP contribution >= 0.6 is 0 Å². The van der Waals surface area contributed by atoms with Crippen molar-refractivity contribution in [3.63, 3.8) is 0 Å². The normalized spacial score (nSPS) is 9.62. The molecule has 0 rings (SSSR count). The molecule has 5 N–H and O–H groups in total. The van der Waals surface area contributed by atoms with E-state index in [9.17, 15) is 9.59 Å². The molecule has 0 fully saturated rings. The maximum absolute atomic E-state index is 11.0. The van der Waals surface area contributed by atoms with Gasteiger partial charge in [-0.3, -0.25) is 9.59 Å². The highest BCUT2D eigenvalue weighted by atomic mass is 16.2. The molecule has 0 aromatic heterocycles. The van der Waals surface area contributed by atoms with Gasteiger partial charge in [0.1, 0.15) is 0 Å². The Morgan fingerprint density at radius 1 is 1.15 bits per heavy atom. The van der Waals surface area contributed by atoms with Gasteiger partial charge in [-0.2, -0.15) is 0 Å². The van der Waals surface area contributed by atoms with Crippen LogP contribution in [-0.4, -0.2) is 24.9 Å². The van der Waals surface area contributed by atoms with Crippen LogP contribution in [0, 0.1) is 0 Å². The van der Waals surface area contributed by atoms with E-state index in [4.69, 9.17) is 11.5 Å². The highest BCUT2D eigenvalue weighted by Crippen LogP contribution is 1.88. The van der Waals surface area contributed by atoms with Gasteiger partial charge in [-0.25, -0.2) is 0 Å². The fourth-order valence-electron chi connectivity index (χ4n) is 0.841. The standard InChI is InChI=1S/C8H17N3O2/c9-5-1-4-8(13)11-6-2-3-7(10)12/h1-6,9H2,(H2,10,12)(H,11,13). The minimum atomic E-state index is -0.337. The minimum absolute atomic E-state index is 0.0186. The number of rotatable bonds is 7. The van der Waals surface area contributed by atoms with Crippen LogP contribution < -0.4 is 16.8 Å². The van der Waals surface area contributed by atoms with Crippen LogP contribution in [0.4, 0.5) is 0 Å². The van der Waals surface area contributed by atoms with Crippen molar-refractivity contribution in [2.45, 2.75) is 25.7 Å². The molecule has 0 aliphatic heterocycles. The molecular formula is C8H17N3O2. The van der Waals surface area contributed by atoms with Crippen LogP contribution in [0.2, 0.25) is 0 Å². The molecular weight excluding hydrogens is 170 g/mol. The summed E-state index contributed by atoms with van der Waals surface area (Å²) >= 11 is 0. The lowest BCUT2D eigenvalue weighted by Gasteiger charge is -2.02. The van der Waals surface area contributed by atoms with Gasteiger partial charge in [0.05, 0.1) is 0 Å². The predicted octanol–water partition coefficient (Wildman–Crippen LogP) is -0.893. The van der Waals surface area contributed by atoms with Crippen molar-refractivity contribution in [1.29, 1.82) is 0 Å². The zero-order valence-electron chi connectivity index (χ0n) is 7.71. The summed E-state index contributed by atoms with van der Waals surface area (Å²) in [5.41, 5.74) is 10.2. The van der Waals surface area contributed by atoms with E-state index in [1.165, 1.54) is 0 Å². The molecule has 0 bridgehead atoms. The number of amides is 2. The second-order valence-corrected chi connectivity index (χ2v) is 2.81. The Bertz CT molecular complexity index is 171. The number of carbonyl (C=O) groups excluding carboxylic acids is 2. The number of hydrogen-bond donors (Lipinski definition) is 3. The van der Waals surface area contributed by atoms with E-state index in [0.717, 1.165) is 0 Å². The Hall–Kier alpha value is -1.10. The zero-order valence-corrected chi connectivity index (χ0v) is 7.71. The van der Waals surface area contributed by atoms with Crippen LogP contribution in [-0.2, 0) is 9.59 Å². The van der Waals surface area contributed by atoms with Crippen LogP contribution in [0.5, 0.6) is 0 Å². The molecule has 0 aliphatic rings. The van der Waals surface area contributed by atoms with Gasteiger partial charge >= 0.3 is 0 Å². The molecule has 0 heterocycles. The van der Waals surface area contributed by atoms with Crippen molar-refractivity contribution in [2.24, 2.45) is 11.5 Å². The van der Waals surface area contributed by atoms with Gasteiger partial charge in [-0.1, -0.05) is 0 Å². The average Bonchev–Trinajstić information content (AvgIpc) is 2.08. The molecule has 0 atom stereocenters. The van der Waals surface area contributed by atoms with Crippen LogP contribution in [0.25, 0.3) is 0 Å². The third-order valence-electron chi connectivity index (χ3n) is 1.53. The molecule has 5 nitrogen and oxygen atoms in total. The summed E-state index contributed by atoms with van der Waals surface area (Å²) < 4.78 is 0. The van der Waals surface area contributed by atoms with Crippen LogP contribution in [0.1, 0.15) is 25.7 Å². The van der Waals surface area contributed by atoms with Crippen molar-refractivity contribution in [1.82, 2.24) is 5.32 Å². The summed E-state index contributed by atoms with van der Waals surface area (Å²) in [4.78, 5) is 21.3. The summed E-state index contributed by atoms with van der Waals surface area (Å²) in [5.74, 6) is -0.355. The monoisotopic (exact) mass is 187 g/mol. The molecule has 2 amide bonds. The fourth-order valence-corrected chi connectivity index (χ4v) is 0.841. The lowest BCUT2D eigenvalue weighted by atomic mass is 10.2. The molecule has 0 spiro atoms. The number of nitrogens with one attached hydrogen (secondary N) is 1. The first kappa shape index (κ1) is 11.9. The highest BCUT2D eigenvalue weighted by Gasteiger charge is 1.99. The quantitative estimate of drug-likeness (QED) is 0.451. The van der Waals surface area contributed by atoms with Crippen molar-refractivity contribution in [3.8, 4) is 0 Å². The van der Waals surface area contributed by atoms with Crippen LogP contribution in [0.3, 0.4) is 0 Å². The Morgan fingerprint density at radius 3 is 2.38 bits per heavy atom. The Labute approximate surface area is 77.8 Å². The molecule has 0 aliphatic carbocycles. The van der Waals surface area contributed by atoms with Gasteiger partial charge in [-0.15, -0.1) is 0 Å². The largest absolute Gasteiger partial charge is 0.370 e. The minimum Gasteiger partial charge on any atom is -0.370 e. The van der Waals surface area contributed by atoms with E-state index in [1.807, 2.05) is 0 Å². The first-order valence-electron chi connectivity index (χ1n) is 4.42. The number of primary amides is 1. The van der Waals surface area contributed by atoms with Gasteiger partial charge in [0.2, 0.25) is 11.8 Å². The highest BCUT2D eigenvalue weighted by molar-refractivity contribution is 5.76. The molecule has 0 aromatic rings. The van der Waals surface area contributed by atoms with Crippen LogP contribution in [0.15, 0.2) is 0 Å². The van der Waals surface area contributed by atoms with Gasteiger partial charge in [0.25, 0.3) is 0 Å². The van der Waals surface area contributed by atoms with E-state index in [0.29, 0.717) is 38.8 Å². The molecule has 0 radical (unpaired) electrons. The lowest BCUT2D eigenvalue weighted by molar-refractivity contribution is -0.122. The molecule has 0 saturated heterocycles. The van der Waals surface area contributed by atoms with Gasteiger partial charge in [0.15, 0.2) is 0 Å². The summed E-state index contributed by atoms with van der Waals surface area (Å²) in [7, 11) is 0. The summed E-state index contributed by atoms with van der Waals surface area (Å²) in [6, 6.07) is 0. The van der Waals surface area contributed by atoms with Crippen molar-refractivity contribution in [3.05, 3.63) is 0 Å². The maximum Gasteiger partial charge on any atom is 0.220 e. The predicted molar refractivity (Wildman–Crippen MR) is 49.7 cm³/mol. The third kappa shape index (κ3) is 8.81. The van der Waals surface area contributed by atoms with E-state index < -0.39 is 0 Å². The van der Waals surface area contributed by atoms with Gasteiger partial charge in [-0.05, 0) is 19.4 Å². The SMILES string of the molecule is NCCCC(=O)NCCCC(N)=O. The topological polar surface area (TPSA) is 98.2 Å². The van der Waals surface area contributed by atoms with E-state index in [-0.39, 0.29) is 11.8 Å². The van der Waals surface area contributed by atoms with E-state index in [1.54, 1.807) is 0 Å². The Morgan fingerprint density at radius 2 is 1.85 bits per heavy atom. The molecule has 76 valence electrons. The zero-order chi connectivity index (χ0) is 10.1. The number of nitrogens with two attached hydrogens (primary N) is 2. The van der Waals surface area contributed by atoms with Crippen molar-refractivity contribution < 1.29 is 9.59 Å². The molecule has 5 heteroatoms. The summed E-state index contributed by atoms with van der Waals surface area (Å²) in [5, 5.41) is 2.67. The molecule has 13 heavy (non-hydrogen) atoms. The molecule has 0 saturated carbocycles. The van der Waals surface area contributed by atoms with E-state index >= 15 is 0 Å². The lowest BCUT2D eigenvalue weighted by Crippen LogP contribution is -2.25. The second kappa shape index (κ2) is 7.54. The fraction of sp³-hybridized carbons (Fsp3) is 0.750. The van der Waals surface area contributed by atoms with Gasteiger partial charge in [0, 0.05) is 19.4 Å². The molecule has 0 aromatic carbocycles.